The van der Waals surface area contributed by atoms with Crippen molar-refractivity contribution >= 4 is 5.91 Å². The Kier molecular flexibility index (Phi) is 3.48. The molecule has 1 aromatic carbocycles. The van der Waals surface area contributed by atoms with E-state index < -0.39 is 5.41 Å². The first-order valence-corrected chi connectivity index (χ1v) is 6.11. The number of nitrogens with one attached hydrogen (secondary N) is 1. The van der Waals surface area contributed by atoms with E-state index in [2.05, 4.69) is 30.4 Å². The molecule has 0 unspecified atom stereocenters. The zero-order valence-electron chi connectivity index (χ0n) is 10.2. The molecule has 2 N–H and O–H groups in total. The maximum Gasteiger partial charge on any atom is 0.228 e. The molecule has 1 aliphatic carbocycles. The molecule has 0 heterocycles. The highest BCUT2D eigenvalue weighted by Crippen LogP contribution is 2.45. The zero-order chi connectivity index (χ0) is 12.3. The lowest BCUT2D eigenvalue weighted by molar-refractivity contribution is -0.127. The first-order chi connectivity index (χ1) is 8.16. The van der Waals surface area contributed by atoms with E-state index in [0.29, 0.717) is 6.54 Å². The molecule has 1 fully saturated rings. The second kappa shape index (κ2) is 4.88. The van der Waals surface area contributed by atoms with Crippen molar-refractivity contribution in [1.82, 2.24) is 5.32 Å². The minimum Gasteiger partial charge on any atom is -0.395 e. The number of amides is 1. The van der Waals surface area contributed by atoms with Crippen LogP contribution in [0, 0.1) is 12.3 Å². The van der Waals surface area contributed by atoms with Gasteiger partial charge in [-0.1, -0.05) is 29.8 Å². The van der Waals surface area contributed by atoms with Gasteiger partial charge < -0.3 is 10.4 Å². The Morgan fingerprint density at radius 2 is 2.24 bits per heavy atom. The average Bonchev–Trinajstić information content (AvgIpc) is 3.10. The second-order valence-electron chi connectivity index (χ2n) is 4.93. The van der Waals surface area contributed by atoms with E-state index in [9.17, 15) is 4.79 Å². The van der Waals surface area contributed by atoms with E-state index >= 15 is 0 Å². The van der Waals surface area contributed by atoms with Crippen molar-refractivity contribution in [2.75, 3.05) is 13.2 Å². The summed E-state index contributed by atoms with van der Waals surface area (Å²) in [6.07, 6.45) is 2.48. The van der Waals surface area contributed by atoms with Gasteiger partial charge in [0, 0.05) is 6.54 Å². The van der Waals surface area contributed by atoms with Crippen molar-refractivity contribution in [2.45, 2.75) is 26.2 Å². The lowest BCUT2D eigenvalue weighted by Gasteiger charge is -2.12. The summed E-state index contributed by atoms with van der Waals surface area (Å²) in [6, 6.07) is 8.29. The first-order valence-electron chi connectivity index (χ1n) is 6.11. The van der Waals surface area contributed by atoms with Crippen LogP contribution in [-0.4, -0.2) is 24.2 Å². The molecule has 1 amide bonds. The smallest absolute Gasteiger partial charge is 0.228 e. The van der Waals surface area contributed by atoms with Crippen molar-refractivity contribution in [3.8, 4) is 0 Å². The number of carbonyl (C=O) groups is 1. The van der Waals surface area contributed by atoms with Crippen LogP contribution in [-0.2, 0) is 11.2 Å². The predicted molar refractivity (Wildman–Crippen MR) is 66.6 cm³/mol. The number of aliphatic hydroxyl groups is 1. The third kappa shape index (κ3) is 2.86. The van der Waals surface area contributed by atoms with Crippen molar-refractivity contribution < 1.29 is 9.90 Å². The quantitative estimate of drug-likeness (QED) is 0.808. The summed E-state index contributed by atoms with van der Waals surface area (Å²) in [7, 11) is 0. The molecule has 1 aromatic rings. The molecule has 3 heteroatoms. The van der Waals surface area contributed by atoms with E-state index in [1.54, 1.807) is 0 Å². The zero-order valence-corrected chi connectivity index (χ0v) is 10.2. The minimum absolute atomic E-state index is 0.00709. The maximum absolute atomic E-state index is 11.7. The van der Waals surface area contributed by atoms with Gasteiger partial charge in [0.1, 0.15) is 0 Å². The van der Waals surface area contributed by atoms with Gasteiger partial charge in [-0.05, 0) is 31.7 Å². The molecule has 0 radical (unpaired) electrons. The van der Waals surface area contributed by atoms with E-state index in [1.807, 2.05) is 6.07 Å². The Morgan fingerprint density at radius 3 is 2.82 bits per heavy atom. The number of hydrogen-bond acceptors (Lipinski definition) is 2. The fourth-order valence-corrected chi connectivity index (χ4v) is 1.98. The molecule has 0 aliphatic heterocycles. The van der Waals surface area contributed by atoms with Crippen molar-refractivity contribution in [3.63, 3.8) is 0 Å². The number of aliphatic hydroxyl groups excluding tert-OH is 1. The SMILES string of the molecule is Cc1cccc(CCNC(=O)C2(CO)CC2)c1. The molecule has 2 rings (SSSR count). The Balaban J connectivity index is 1.78. The molecule has 1 saturated carbocycles. The molecule has 17 heavy (non-hydrogen) atoms. The summed E-state index contributed by atoms with van der Waals surface area (Å²) in [5, 5.41) is 12.0. The summed E-state index contributed by atoms with van der Waals surface area (Å²) >= 11 is 0. The molecule has 0 aromatic heterocycles. The van der Waals surface area contributed by atoms with Crippen LogP contribution in [0.15, 0.2) is 24.3 Å². The van der Waals surface area contributed by atoms with Crippen LogP contribution >= 0.6 is 0 Å². The number of aryl methyl sites for hydroxylation is 1. The molecule has 0 atom stereocenters. The molecule has 92 valence electrons. The Labute approximate surface area is 102 Å². The second-order valence-corrected chi connectivity index (χ2v) is 4.93. The lowest BCUT2D eigenvalue weighted by atomic mass is 10.1. The summed E-state index contributed by atoms with van der Waals surface area (Å²) in [4.78, 5) is 11.7. The van der Waals surface area contributed by atoms with Gasteiger partial charge in [-0.15, -0.1) is 0 Å². The average molecular weight is 233 g/mol. The Hall–Kier alpha value is -1.35. The van der Waals surface area contributed by atoms with Crippen molar-refractivity contribution in [2.24, 2.45) is 5.41 Å². The first kappa shape index (κ1) is 12.1. The normalized spacial score (nSPS) is 16.6. The molecule has 0 saturated heterocycles. The number of carbonyl (C=O) groups excluding carboxylic acids is 1. The van der Waals surface area contributed by atoms with E-state index in [1.165, 1.54) is 11.1 Å². The maximum atomic E-state index is 11.7. The number of rotatable bonds is 5. The highest BCUT2D eigenvalue weighted by molar-refractivity contribution is 5.85. The van der Waals surface area contributed by atoms with Crippen LogP contribution in [0.25, 0.3) is 0 Å². The number of benzene rings is 1. The van der Waals surface area contributed by atoms with Crippen LogP contribution in [0.4, 0.5) is 0 Å². The molecule has 1 aliphatic rings. The van der Waals surface area contributed by atoms with Gasteiger partial charge in [-0.2, -0.15) is 0 Å². The standard InChI is InChI=1S/C14H19NO2/c1-11-3-2-4-12(9-11)5-8-15-13(17)14(10-16)6-7-14/h2-4,9,16H,5-8,10H2,1H3,(H,15,17). The van der Waals surface area contributed by atoms with Gasteiger partial charge in [0.2, 0.25) is 5.91 Å². The Bertz CT molecular complexity index is 410. The fourth-order valence-electron chi connectivity index (χ4n) is 1.98. The summed E-state index contributed by atoms with van der Waals surface area (Å²) in [5.74, 6) is 0.00709. The van der Waals surface area contributed by atoms with Crippen LogP contribution in [0.3, 0.4) is 0 Å². The van der Waals surface area contributed by atoms with Crippen molar-refractivity contribution in [3.05, 3.63) is 35.4 Å². The monoisotopic (exact) mass is 233 g/mol. The van der Waals surface area contributed by atoms with Gasteiger partial charge in [0.25, 0.3) is 0 Å². The largest absolute Gasteiger partial charge is 0.395 e. The molecular weight excluding hydrogens is 214 g/mol. The van der Waals surface area contributed by atoms with Crippen LogP contribution in [0.2, 0.25) is 0 Å². The van der Waals surface area contributed by atoms with Gasteiger partial charge in [0.05, 0.1) is 12.0 Å². The van der Waals surface area contributed by atoms with Gasteiger partial charge in [0.15, 0.2) is 0 Å². The van der Waals surface area contributed by atoms with E-state index in [4.69, 9.17) is 5.11 Å². The predicted octanol–water partition coefficient (Wildman–Crippen LogP) is 1.43. The lowest BCUT2D eigenvalue weighted by Crippen LogP contribution is -2.35. The molecular formula is C14H19NO2. The minimum atomic E-state index is -0.452. The van der Waals surface area contributed by atoms with E-state index in [0.717, 1.165) is 19.3 Å². The highest BCUT2D eigenvalue weighted by atomic mass is 16.3. The fraction of sp³-hybridized carbons (Fsp3) is 0.500. The van der Waals surface area contributed by atoms with Crippen LogP contribution in [0.1, 0.15) is 24.0 Å². The molecule has 0 bridgehead atoms. The Morgan fingerprint density at radius 1 is 1.47 bits per heavy atom. The third-order valence-corrected chi connectivity index (χ3v) is 3.42. The molecule has 0 spiro atoms. The summed E-state index contributed by atoms with van der Waals surface area (Å²) < 4.78 is 0. The number of hydrogen-bond donors (Lipinski definition) is 2. The summed E-state index contributed by atoms with van der Waals surface area (Å²) in [5.41, 5.74) is 2.02. The highest BCUT2D eigenvalue weighted by Gasteiger charge is 2.49. The van der Waals surface area contributed by atoms with Crippen LogP contribution < -0.4 is 5.32 Å². The van der Waals surface area contributed by atoms with Gasteiger partial charge in [-0.3, -0.25) is 4.79 Å². The summed E-state index contributed by atoms with van der Waals surface area (Å²) in [6.45, 7) is 2.68. The third-order valence-electron chi connectivity index (χ3n) is 3.42. The van der Waals surface area contributed by atoms with Gasteiger partial charge >= 0.3 is 0 Å². The van der Waals surface area contributed by atoms with Crippen molar-refractivity contribution in [1.29, 1.82) is 0 Å². The van der Waals surface area contributed by atoms with E-state index in [-0.39, 0.29) is 12.5 Å². The molecule has 3 nitrogen and oxygen atoms in total. The van der Waals surface area contributed by atoms with Gasteiger partial charge in [-0.25, -0.2) is 0 Å². The topological polar surface area (TPSA) is 49.3 Å². The van der Waals surface area contributed by atoms with Crippen LogP contribution in [0.5, 0.6) is 0 Å².